The van der Waals surface area contributed by atoms with Gasteiger partial charge < -0.3 is 0 Å². The summed E-state index contributed by atoms with van der Waals surface area (Å²) in [6.45, 7) is 0. The van der Waals surface area contributed by atoms with Crippen molar-refractivity contribution in [3.8, 4) is 0 Å². The van der Waals surface area contributed by atoms with Gasteiger partial charge in [0.15, 0.2) is 0 Å². The van der Waals surface area contributed by atoms with Crippen LogP contribution in [0.2, 0.25) is 0 Å². The summed E-state index contributed by atoms with van der Waals surface area (Å²) < 4.78 is 95.2. The average molecular weight is 577 g/mol. The normalized spacial score (nSPS) is 12.3. The summed E-state index contributed by atoms with van der Waals surface area (Å²) in [5.41, 5.74) is -0.103. The van der Waals surface area contributed by atoms with Crippen LogP contribution in [0.1, 0.15) is 11.1 Å². The van der Waals surface area contributed by atoms with E-state index in [-0.39, 0.29) is 11.1 Å². The lowest BCUT2D eigenvalue weighted by Gasteiger charge is -2.10. The third kappa shape index (κ3) is 10.1. The molecule has 0 aliphatic carbocycles. The Morgan fingerprint density at radius 1 is 0.821 bits per heavy atom. The highest BCUT2D eigenvalue weighted by Gasteiger charge is 2.31. The van der Waals surface area contributed by atoms with Crippen LogP contribution < -0.4 is 0 Å². The predicted octanol–water partition coefficient (Wildman–Crippen LogP) is 7.04. The summed E-state index contributed by atoms with van der Waals surface area (Å²) in [5.74, 6) is 0. The van der Waals surface area contributed by atoms with Crippen molar-refractivity contribution in [2.24, 2.45) is 0 Å². The summed E-state index contributed by atoms with van der Waals surface area (Å²) in [5, 5.41) is 0. The van der Waals surface area contributed by atoms with Crippen molar-refractivity contribution in [2.45, 2.75) is 30.1 Å². The van der Waals surface area contributed by atoms with Crippen molar-refractivity contribution < 1.29 is 34.8 Å². The molecule has 0 unspecified atom stereocenters. The Hall–Kier alpha value is -0.780. The molecule has 2 aromatic carbocycles. The van der Waals surface area contributed by atoms with E-state index in [1.807, 2.05) is 0 Å². The molecule has 156 valence electrons. The minimum absolute atomic E-state index is 0.275. The molecule has 0 saturated heterocycles. The van der Waals surface area contributed by atoms with Gasteiger partial charge in [-0.3, -0.25) is 0 Å². The first-order valence-corrected chi connectivity index (χ1v) is 11.1. The number of hydrogen-bond acceptors (Lipinski definition) is 2. The molecule has 0 bridgehead atoms. The van der Waals surface area contributed by atoms with E-state index in [9.17, 15) is 34.8 Å². The molecule has 2 rings (SSSR count). The van der Waals surface area contributed by atoms with Crippen molar-refractivity contribution in [2.75, 3.05) is 0 Å². The van der Waals surface area contributed by atoms with Gasteiger partial charge >= 0.3 is 12.4 Å². The van der Waals surface area contributed by atoms with Crippen LogP contribution in [0, 0.1) is 0 Å². The van der Waals surface area contributed by atoms with Gasteiger partial charge in [0.25, 0.3) is 9.05 Å². The molecule has 0 fully saturated rings. The standard InChI is InChI=1S/C8H5BrClF3O2S.C8H6BrF3/c9-6-1-2-7(16(10,14)15)5(3-6)4-8(11,12)13;9-7-3-1-2-6(4-7)5-8(10,11)12/h1-3H,4H2;1-4H,5H2. The second-order valence-electron chi connectivity index (χ2n) is 5.40. The lowest BCUT2D eigenvalue weighted by atomic mass is 10.1. The van der Waals surface area contributed by atoms with Crippen LogP contribution in [0.4, 0.5) is 26.3 Å². The minimum atomic E-state index is -4.49. The first kappa shape index (κ1) is 25.3. The number of rotatable bonds is 3. The van der Waals surface area contributed by atoms with Crippen LogP contribution in [0.25, 0.3) is 0 Å². The second kappa shape index (κ2) is 9.82. The van der Waals surface area contributed by atoms with Gasteiger partial charge in [-0.05, 0) is 41.5 Å². The Morgan fingerprint density at radius 3 is 1.82 bits per heavy atom. The van der Waals surface area contributed by atoms with E-state index in [0.717, 1.165) is 12.1 Å². The second-order valence-corrected chi connectivity index (χ2v) is 9.77. The number of halogens is 9. The Kier molecular flexibility index (Phi) is 8.85. The molecule has 28 heavy (non-hydrogen) atoms. The summed E-state index contributed by atoms with van der Waals surface area (Å²) in [4.78, 5) is -0.519. The maximum Gasteiger partial charge on any atom is 0.393 e. The van der Waals surface area contributed by atoms with Crippen LogP contribution in [-0.4, -0.2) is 20.8 Å². The largest absolute Gasteiger partial charge is 0.393 e. The molecule has 0 aliphatic rings. The van der Waals surface area contributed by atoms with Crippen molar-refractivity contribution in [1.82, 2.24) is 0 Å². The fourth-order valence-electron chi connectivity index (χ4n) is 2.02. The zero-order valence-corrected chi connectivity index (χ0v) is 18.3. The van der Waals surface area contributed by atoms with Crippen LogP contribution >= 0.6 is 42.5 Å². The van der Waals surface area contributed by atoms with Gasteiger partial charge in [-0.15, -0.1) is 0 Å². The maximum absolute atomic E-state index is 12.2. The molecule has 0 heterocycles. The number of benzene rings is 2. The Morgan fingerprint density at radius 2 is 1.36 bits per heavy atom. The summed E-state index contributed by atoms with van der Waals surface area (Å²) in [7, 11) is 0.863. The Bertz CT molecular complexity index is 914. The summed E-state index contributed by atoms with van der Waals surface area (Å²) in [6, 6.07) is 9.64. The van der Waals surface area contributed by atoms with Crippen molar-refractivity contribution >= 4 is 51.6 Å². The van der Waals surface area contributed by atoms with Crippen LogP contribution in [0.15, 0.2) is 56.3 Å². The monoisotopic (exact) mass is 574 g/mol. The van der Waals surface area contributed by atoms with Gasteiger partial charge in [0.1, 0.15) is 0 Å². The van der Waals surface area contributed by atoms with Gasteiger partial charge in [0.05, 0.1) is 17.7 Å². The molecule has 0 saturated carbocycles. The number of alkyl halides is 6. The maximum atomic E-state index is 12.2. The van der Waals surface area contributed by atoms with Crippen molar-refractivity contribution in [3.05, 3.63) is 62.5 Å². The van der Waals surface area contributed by atoms with E-state index in [1.54, 1.807) is 12.1 Å². The van der Waals surface area contributed by atoms with E-state index in [2.05, 4.69) is 31.9 Å². The smallest absolute Gasteiger partial charge is 0.207 e. The van der Waals surface area contributed by atoms with Crippen molar-refractivity contribution in [3.63, 3.8) is 0 Å². The molecule has 0 radical (unpaired) electrons. The molecule has 2 nitrogen and oxygen atoms in total. The highest BCUT2D eigenvalue weighted by Crippen LogP contribution is 2.29. The lowest BCUT2D eigenvalue weighted by molar-refractivity contribution is -0.128. The van der Waals surface area contributed by atoms with Gasteiger partial charge in [-0.1, -0.05) is 44.0 Å². The predicted molar refractivity (Wildman–Crippen MR) is 101 cm³/mol. The summed E-state index contributed by atoms with van der Waals surface area (Å²) in [6.07, 6.45) is -10.8. The van der Waals surface area contributed by atoms with Crippen LogP contribution in [-0.2, 0) is 21.9 Å². The molecule has 0 spiro atoms. The van der Waals surface area contributed by atoms with Gasteiger partial charge in [-0.2, -0.15) is 26.3 Å². The van der Waals surface area contributed by atoms with E-state index in [0.29, 0.717) is 8.95 Å². The van der Waals surface area contributed by atoms with E-state index in [4.69, 9.17) is 10.7 Å². The zero-order chi connectivity index (χ0) is 21.8. The zero-order valence-electron chi connectivity index (χ0n) is 13.6. The van der Waals surface area contributed by atoms with Gasteiger partial charge in [-0.25, -0.2) is 8.42 Å². The SMILES string of the molecule is FC(F)(F)Cc1cccc(Br)c1.O=S(=O)(Cl)c1ccc(Br)cc1CC(F)(F)F. The lowest BCUT2D eigenvalue weighted by Crippen LogP contribution is -2.13. The third-order valence-corrected chi connectivity index (χ3v) is 5.38. The Labute approximate surface area is 178 Å². The first-order chi connectivity index (χ1) is 12.6. The molecule has 0 aliphatic heterocycles. The molecular weight excluding hydrogens is 565 g/mol. The average Bonchev–Trinajstić information content (AvgIpc) is 2.42. The minimum Gasteiger partial charge on any atom is -0.207 e. The van der Waals surface area contributed by atoms with E-state index in [1.165, 1.54) is 18.2 Å². The van der Waals surface area contributed by atoms with Crippen molar-refractivity contribution in [1.29, 1.82) is 0 Å². The van der Waals surface area contributed by atoms with Crippen LogP contribution in [0.5, 0.6) is 0 Å². The molecule has 0 N–H and O–H groups in total. The first-order valence-electron chi connectivity index (χ1n) is 7.18. The fraction of sp³-hybridized carbons (Fsp3) is 0.250. The quantitative estimate of drug-likeness (QED) is 0.290. The molecule has 0 atom stereocenters. The molecule has 2 aromatic rings. The van der Waals surface area contributed by atoms with Crippen LogP contribution in [0.3, 0.4) is 0 Å². The molecule has 12 heteroatoms. The fourth-order valence-corrected chi connectivity index (χ4v) is 4.00. The highest BCUT2D eigenvalue weighted by atomic mass is 79.9. The van der Waals surface area contributed by atoms with E-state index < -0.39 is 39.1 Å². The van der Waals surface area contributed by atoms with Gasteiger partial charge in [0.2, 0.25) is 0 Å². The summed E-state index contributed by atoms with van der Waals surface area (Å²) >= 11 is 6.07. The topological polar surface area (TPSA) is 34.1 Å². The molecular formula is C16H11Br2ClF6O2S. The third-order valence-electron chi connectivity index (χ3n) is 2.97. The number of hydrogen-bond donors (Lipinski definition) is 0. The Balaban J connectivity index is 0.000000292. The molecule has 0 amide bonds. The van der Waals surface area contributed by atoms with Gasteiger partial charge in [0, 0.05) is 19.6 Å². The van der Waals surface area contributed by atoms with E-state index >= 15 is 0 Å². The molecule has 0 aromatic heterocycles. The highest BCUT2D eigenvalue weighted by molar-refractivity contribution is 9.10.